The summed E-state index contributed by atoms with van der Waals surface area (Å²) >= 11 is 0. The Hall–Kier alpha value is -4.58. The van der Waals surface area contributed by atoms with Gasteiger partial charge >= 0.3 is 5.97 Å². The molecule has 230 valence electrons. The fourth-order valence-electron chi connectivity index (χ4n) is 6.58. The number of ether oxygens (including phenoxy) is 2. The Morgan fingerprint density at radius 1 is 1.18 bits per heavy atom. The highest BCUT2D eigenvalue weighted by Gasteiger charge is 2.48. The van der Waals surface area contributed by atoms with E-state index in [1.807, 2.05) is 6.92 Å². The highest BCUT2D eigenvalue weighted by molar-refractivity contribution is 6.03. The molecule has 3 aliphatic rings. The summed E-state index contributed by atoms with van der Waals surface area (Å²) in [7, 11) is 0. The van der Waals surface area contributed by atoms with Crippen LogP contribution in [0, 0.1) is 5.92 Å². The molecule has 44 heavy (non-hydrogen) atoms. The summed E-state index contributed by atoms with van der Waals surface area (Å²) in [4.78, 5) is 69.6. The molecule has 2 aromatic heterocycles. The molecule has 12 heteroatoms. The highest BCUT2D eigenvalue weighted by Crippen LogP contribution is 2.42. The standard InChI is InChI=1S/C32H34N4O8/c1-4-19-20-13-18(37)6-7-24(20)34-28-21(19)15-36-25(28)14-23-22(30(36)41)16-43-31(42)32(23,5-2)44-11-9-33-26(38)8-10-35-27(39)12-17(3)29(35)40/h6-7,13-14,17,37H,4-5,8-12,15-16H2,1-3H3,(H,33,38)/t17?,32-/m0/s1. The SMILES string of the molecule is CCc1c2c(nc3ccc(O)cc13)-c1cc3c(c(=O)n1C2)COC(=O)[C@@]3(CC)OCCNC(=O)CCN1C(=O)CC(C)C1=O. The molecule has 1 fully saturated rings. The first-order valence-corrected chi connectivity index (χ1v) is 14.9. The second-order valence-electron chi connectivity index (χ2n) is 11.5. The van der Waals surface area contributed by atoms with E-state index in [0.717, 1.165) is 21.4 Å². The molecule has 2 atom stereocenters. The van der Waals surface area contributed by atoms with Gasteiger partial charge in [-0.25, -0.2) is 9.78 Å². The van der Waals surface area contributed by atoms with Crippen LogP contribution in [-0.2, 0) is 53.8 Å². The van der Waals surface area contributed by atoms with Crippen LogP contribution < -0.4 is 10.9 Å². The van der Waals surface area contributed by atoms with Gasteiger partial charge in [-0.1, -0.05) is 20.8 Å². The fourth-order valence-corrected chi connectivity index (χ4v) is 6.58. The van der Waals surface area contributed by atoms with Gasteiger partial charge in [0.05, 0.1) is 35.6 Å². The number of nitrogens with one attached hydrogen (secondary N) is 1. The molecule has 3 aromatic rings. The number of hydrogen-bond donors (Lipinski definition) is 2. The van der Waals surface area contributed by atoms with Crippen LogP contribution in [0.1, 0.15) is 62.3 Å². The molecule has 0 saturated carbocycles. The van der Waals surface area contributed by atoms with Gasteiger partial charge in [0.15, 0.2) is 5.60 Å². The summed E-state index contributed by atoms with van der Waals surface area (Å²) in [5, 5.41) is 13.6. The third kappa shape index (κ3) is 4.64. The summed E-state index contributed by atoms with van der Waals surface area (Å²) in [6.07, 6.45) is 0.967. The van der Waals surface area contributed by atoms with Gasteiger partial charge in [-0.05, 0) is 42.7 Å². The molecule has 0 aliphatic carbocycles. The van der Waals surface area contributed by atoms with Crippen molar-refractivity contribution in [2.45, 2.75) is 65.2 Å². The number of rotatable bonds is 9. The summed E-state index contributed by atoms with van der Waals surface area (Å²) < 4.78 is 13.3. The lowest BCUT2D eigenvalue weighted by molar-refractivity contribution is -0.180. The number of hydrogen-bond acceptors (Lipinski definition) is 9. The number of imide groups is 1. The van der Waals surface area contributed by atoms with E-state index in [1.165, 1.54) is 0 Å². The Balaban J connectivity index is 1.24. The molecule has 3 aliphatic heterocycles. The van der Waals surface area contributed by atoms with Crippen molar-refractivity contribution in [1.29, 1.82) is 0 Å². The predicted octanol–water partition coefficient (Wildman–Crippen LogP) is 2.27. The molecule has 1 unspecified atom stereocenters. The summed E-state index contributed by atoms with van der Waals surface area (Å²) in [6.45, 7) is 5.63. The predicted molar refractivity (Wildman–Crippen MR) is 157 cm³/mol. The number of aromatic nitrogens is 2. The van der Waals surface area contributed by atoms with E-state index in [4.69, 9.17) is 14.5 Å². The van der Waals surface area contributed by atoms with E-state index in [0.29, 0.717) is 41.0 Å². The molecular formula is C32H34N4O8. The molecule has 0 bridgehead atoms. The van der Waals surface area contributed by atoms with Crippen molar-refractivity contribution in [3.05, 3.63) is 56.9 Å². The third-order valence-corrected chi connectivity index (χ3v) is 8.92. The van der Waals surface area contributed by atoms with Crippen molar-refractivity contribution in [1.82, 2.24) is 19.8 Å². The van der Waals surface area contributed by atoms with E-state index >= 15 is 0 Å². The van der Waals surface area contributed by atoms with Gasteiger partial charge in [0, 0.05) is 48.4 Å². The second-order valence-corrected chi connectivity index (χ2v) is 11.5. The van der Waals surface area contributed by atoms with E-state index in [9.17, 15) is 29.1 Å². The quantitative estimate of drug-likeness (QED) is 0.167. The minimum atomic E-state index is -1.56. The summed E-state index contributed by atoms with van der Waals surface area (Å²) in [5.41, 5.74) is 2.74. The lowest BCUT2D eigenvalue weighted by Gasteiger charge is -2.36. The van der Waals surface area contributed by atoms with E-state index in [-0.39, 0.29) is 80.5 Å². The Bertz CT molecular complexity index is 1800. The second kappa shape index (κ2) is 11.2. The van der Waals surface area contributed by atoms with Crippen LogP contribution in [0.2, 0.25) is 0 Å². The molecule has 0 radical (unpaired) electrons. The van der Waals surface area contributed by atoms with Gasteiger partial charge in [-0.2, -0.15) is 0 Å². The first-order valence-electron chi connectivity index (χ1n) is 14.9. The van der Waals surface area contributed by atoms with Gasteiger partial charge in [-0.15, -0.1) is 0 Å². The van der Waals surface area contributed by atoms with Gasteiger partial charge < -0.3 is 24.5 Å². The highest BCUT2D eigenvalue weighted by atomic mass is 16.6. The Morgan fingerprint density at radius 2 is 1.98 bits per heavy atom. The van der Waals surface area contributed by atoms with Crippen LogP contribution >= 0.6 is 0 Å². The zero-order valence-corrected chi connectivity index (χ0v) is 24.9. The van der Waals surface area contributed by atoms with Gasteiger partial charge in [-0.3, -0.25) is 24.1 Å². The van der Waals surface area contributed by atoms with Crippen molar-refractivity contribution < 1.29 is 33.8 Å². The minimum absolute atomic E-state index is 0.00799. The molecule has 2 N–H and O–H groups in total. The van der Waals surface area contributed by atoms with E-state index in [2.05, 4.69) is 5.32 Å². The van der Waals surface area contributed by atoms with Crippen LogP contribution in [0.25, 0.3) is 22.3 Å². The molecule has 0 spiro atoms. The monoisotopic (exact) mass is 602 g/mol. The summed E-state index contributed by atoms with van der Waals surface area (Å²) in [5.74, 6) is -1.76. The number of esters is 1. The zero-order chi connectivity index (χ0) is 31.3. The largest absolute Gasteiger partial charge is 0.508 e. The number of phenols is 1. The lowest BCUT2D eigenvalue weighted by atomic mass is 9.85. The van der Waals surface area contributed by atoms with Gasteiger partial charge in [0.25, 0.3) is 5.56 Å². The average Bonchev–Trinajstić information content (AvgIpc) is 3.49. The number of aryl methyl sites for hydroxylation is 1. The Morgan fingerprint density at radius 3 is 2.68 bits per heavy atom. The molecular weight excluding hydrogens is 568 g/mol. The average molecular weight is 603 g/mol. The maximum atomic E-state index is 13.8. The number of likely N-dealkylation sites (tertiary alicyclic amines) is 1. The first kappa shape index (κ1) is 29.5. The number of benzene rings is 1. The number of nitrogens with zero attached hydrogens (tertiary/aromatic N) is 3. The molecule has 1 saturated heterocycles. The maximum Gasteiger partial charge on any atom is 0.343 e. The van der Waals surface area contributed by atoms with Gasteiger partial charge in [0.2, 0.25) is 17.7 Å². The zero-order valence-electron chi connectivity index (χ0n) is 24.9. The Kier molecular flexibility index (Phi) is 7.48. The topological polar surface area (TPSA) is 157 Å². The van der Waals surface area contributed by atoms with E-state index in [1.54, 1.807) is 42.7 Å². The number of cyclic esters (lactones) is 1. The molecule has 1 aromatic carbocycles. The van der Waals surface area contributed by atoms with Crippen molar-refractivity contribution >= 4 is 34.6 Å². The first-order chi connectivity index (χ1) is 21.1. The lowest BCUT2D eigenvalue weighted by Crippen LogP contribution is -2.47. The summed E-state index contributed by atoms with van der Waals surface area (Å²) in [6, 6.07) is 6.81. The number of carbonyl (C=O) groups excluding carboxylic acids is 4. The third-order valence-electron chi connectivity index (χ3n) is 8.92. The minimum Gasteiger partial charge on any atom is -0.508 e. The van der Waals surface area contributed by atoms with E-state index < -0.39 is 11.6 Å². The number of fused-ring (bicyclic) bond motifs is 5. The maximum absolute atomic E-state index is 13.8. The molecule has 5 heterocycles. The number of pyridine rings is 2. The van der Waals surface area contributed by atoms with Crippen LogP contribution in [0.5, 0.6) is 5.75 Å². The van der Waals surface area contributed by atoms with Crippen LogP contribution in [0.15, 0.2) is 29.1 Å². The number of amides is 3. The normalized spacial score (nSPS) is 20.5. The van der Waals surface area contributed by atoms with Crippen molar-refractivity contribution in [3.8, 4) is 17.1 Å². The van der Waals surface area contributed by atoms with Gasteiger partial charge in [0.1, 0.15) is 12.4 Å². The number of phenolic OH excluding ortho intramolecular Hbond substituents is 1. The molecule has 12 nitrogen and oxygen atoms in total. The molecule has 6 rings (SSSR count). The van der Waals surface area contributed by atoms with Crippen molar-refractivity contribution in [2.75, 3.05) is 19.7 Å². The smallest absolute Gasteiger partial charge is 0.343 e. The number of aromatic hydroxyl groups is 1. The molecule has 3 amide bonds. The van der Waals surface area contributed by atoms with Crippen molar-refractivity contribution in [2.24, 2.45) is 5.92 Å². The van der Waals surface area contributed by atoms with Crippen LogP contribution in [-0.4, -0.2) is 62.9 Å². The van der Waals surface area contributed by atoms with Crippen LogP contribution in [0.4, 0.5) is 0 Å². The fraction of sp³-hybridized carbons (Fsp3) is 0.438. The Labute approximate surface area is 253 Å². The van der Waals surface area contributed by atoms with Crippen molar-refractivity contribution in [3.63, 3.8) is 0 Å². The number of carbonyl (C=O) groups is 4. The van der Waals surface area contributed by atoms with Crippen LogP contribution in [0.3, 0.4) is 0 Å².